The van der Waals surface area contributed by atoms with E-state index in [-0.39, 0.29) is 36.9 Å². The fourth-order valence-electron chi connectivity index (χ4n) is 7.33. The predicted octanol–water partition coefficient (Wildman–Crippen LogP) is 8.06. The number of hydrogen-bond acceptors (Lipinski definition) is 18. The Labute approximate surface area is 495 Å². The smallest absolute Gasteiger partial charge is 0.323 e. The number of hydrazone groups is 3. The van der Waals surface area contributed by atoms with Crippen molar-refractivity contribution in [3.05, 3.63) is 180 Å². The molecule has 8 aromatic rings. The lowest BCUT2D eigenvalue weighted by molar-refractivity contribution is 0.101. The molecule has 4 heterocycles. The second-order valence-electron chi connectivity index (χ2n) is 18.2. The lowest BCUT2D eigenvalue weighted by Gasteiger charge is -2.14. The summed E-state index contributed by atoms with van der Waals surface area (Å²) in [5, 5.41) is 43.3. The molecule has 20 N–H and O–H groups in total. The molecule has 0 saturated carbocycles. The quantitative estimate of drug-likeness (QED) is 0.0143. The molecule has 0 radical (unpaired) electrons. The highest BCUT2D eigenvalue weighted by Gasteiger charge is 2.15. The van der Waals surface area contributed by atoms with Crippen molar-refractivity contribution in [2.45, 2.75) is 49.0 Å². The van der Waals surface area contributed by atoms with Gasteiger partial charge in [-0.15, -0.1) is 5.10 Å². The van der Waals surface area contributed by atoms with Crippen molar-refractivity contribution in [1.29, 1.82) is 10.8 Å². The molecule has 4 amide bonds. The van der Waals surface area contributed by atoms with E-state index in [0.717, 1.165) is 33.6 Å². The maximum Gasteiger partial charge on any atom is 0.323 e. The Morgan fingerprint density at radius 2 is 0.860 bits per heavy atom. The molecule has 28 heteroatoms. The van der Waals surface area contributed by atoms with Gasteiger partial charge in [0.15, 0.2) is 11.6 Å². The van der Waals surface area contributed by atoms with Gasteiger partial charge < -0.3 is 60.7 Å². The van der Waals surface area contributed by atoms with Crippen molar-refractivity contribution in [3.63, 3.8) is 0 Å². The average molecular weight is 1160 g/mol. The van der Waals surface area contributed by atoms with E-state index in [4.69, 9.17) is 33.8 Å². The number of hydrogen-bond donors (Lipinski definition) is 15. The number of carbonyl (C=O) groups excluding carboxylic acids is 4. The van der Waals surface area contributed by atoms with Crippen LogP contribution in [-0.4, -0.2) is 82.8 Å². The van der Waals surface area contributed by atoms with E-state index in [1.807, 2.05) is 50.2 Å². The van der Waals surface area contributed by atoms with Crippen LogP contribution in [0.1, 0.15) is 78.1 Å². The maximum atomic E-state index is 13.1. The van der Waals surface area contributed by atoms with E-state index in [0.29, 0.717) is 79.7 Å². The van der Waals surface area contributed by atoms with Crippen molar-refractivity contribution >= 4 is 99.0 Å². The zero-order chi connectivity index (χ0) is 61.6. The molecule has 0 aliphatic rings. The number of aryl methyl sites for hydroxylation is 2. The first-order valence-corrected chi connectivity index (χ1v) is 25.4. The van der Waals surface area contributed by atoms with E-state index >= 15 is 0 Å². The van der Waals surface area contributed by atoms with Gasteiger partial charge in [-0.3, -0.25) is 30.4 Å². The van der Waals surface area contributed by atoms with Gasteiger partial charge in [-0.05, 0) is 150 Å². The topological polar surface area (TPSA) is 457 Å². The fourth-order valence-corrected chi connectivity index (χ4v) is 7.33. The van der Waals surface area contributed by atoms with Crippen LogP contribution < -0.4 is 71.5 Å². The number of nitrogens with two attached hydrogens (primary N) is 5. The van der Waals surface area contributed by atoms with Gasteiger partial charge in [-0.1, -0.05) is 19.6 Å². The number of Topliss-reactive ketones (excluding diaryl/α,β-unsaturated/α-hetero) is 2. The third-order valence-electron chi connectivity index (χ3n) is 11.6. The summed E-state index contributed by atoms with van der Waals surface area (Å²) < 4.78 is 0. The molecule has 4 aromatic heterocycles. The first kappa shape index (κ1) is 64.6. The molecule has 0 fully saturated rings. The lowest BCUT2D eigenvalue weighted by Crippen LogP contribution is -2.27. The van der Waals surface area contributed by atoms with Gasteiger partial charge in [0.2, 0.25) is 29.8 Å². The highest BCUT2D eigenvalue weighted by molar-refractivity contribution is 6.08. The minimum Gasteiger partial charge on any atom is -0.369 e. The van der Waals surface area contributed by atoms with Gasteiger partial charge in [-0.2, -0.15) is 10.2 Å². The molecular formula is C58H66N24O4. The van der Waals surface area contributed by atoms with Crippen LogP contribution in [-0.2, 0) is 0 Å². The Bertz CT molecular complexity index is 3750. The average Bonchev–Trinajstić information content (AvgIpc) is 3.67. The number of pyridine rings is 2. The summed E-state index contributed by atoms with van der Waals surface area (Å²) in [6, 6.07) is 30.7. The van der Waals surface area contributed by atoms with Crippen LogP contribution in [0.15, 0.2) is 162 Å². The number of nitrogens with zero attached hydrogens (tertiary/aromatic N) is 9. The summed E-state index contributed by atoms with van der Waals surface area (Å²) in [6.45, 7) is 10.1. The standard InChI is InChI=1S/C29H32N14O.C27H24N6O3.CH6N4.CH4/c1-16-6-7-22(14-25(16)39-28-35-10-8-24(38-28)19-5-4-9-34-15-19)36-29(44)37-23-12-20(17(2)40-42-26(30)31)11-21(13-23)18(3)41-43-27(32)33;1-16-6-7-22(30-27(36)31-23-12-20(17(2)34)11-21(13-23)18(3)35)14-25(16)33-26-29-10-8-24(32-26)19-5-4-9-28-15-19;2-1(3)5-4;/h4-15H,1-3H3,(H4,30,31,42)(H4,32,33,43)(H,35,38,39)(H2,36,37,44);4-15H,1-3H3,(H,29,32,33)(H2,30,31,36);4H2,(H4,2,3,5);1H4/b40-17+,41-18+;;;. The Hall–Kier alpha value is -12.2. The number of urea groups is 2. The number of rotatable bonds is 16. The molecule has 0 aliphatic heterocycles. The molecule has 0 spiro atoms. The molecular weight excluding hydrogens is 1100 g/mol. The third kappa shape index (κ3) is 20.1. The summed E-state index contributed by atoms with van der Waals surface area (Å²) in [7, 11) is 0. The highest BCUT2D eigenvalue weighted by atomic mass is 16.2. The van der Waals surface area contributed by atoms with E-state index in [9.17, 15) is 19.2 Å². The van der Waals surface area contributed by atoms with Crippen LogP contribution >= 0.6 is 0 Å². The molecule has 0 bridgehead atoms. The van der Waals surface area contributed by atoms with Gasteiger partial charge in [0.1, 0.15) is 0 Å². The lowest BCUT2D eigenvalue weighted by atomic mass is 10.0. The number of aromatic nitrogens is 6. The number of ketones is 2. The Balaban J connectivity index is 0.000000292. The molecule has 0 unspecified atom stereocenters. The monoisotopic (exact) mass is 1160 g/mol. The van der Waals surface area contributed by atoms with Crippen LogP contribution in [0.5, 0.6) is 0 Å². The van der Waals surface area contributed by atoms with E-state index in [1.54, 1.807) is 106 Å². The van der Waals surface area contributed by atoms with Crippen molar-refractivity contribution in [3.8, 4) is 22.5 Å². The Morgan fingerprint density at radius 3 is 1.21 bits per heavy atom. The molecule has 8 rings (SSSR count). The second kappa shape index (κ2) is 31.1. The van der Waals surface area contributed by atoms with Crippen LogP contribution in [0, 0.1) is 24.7 Å². The molecule has 86 heavy (non-hydrogen) atoms. The number of anilines is 8. The first-order valence-electron chi connectivity index (χ1n) is 25.4. The Morgan fingerprint density at radius 1 is 0.488 bits per heavy atom. The van der Waals surface area contributed by atoms with Crippen molar-refractivity contribution in [2.24, 2.45) is 44.1 Å². The van der Waals surface area contributed by atoms with E-state index in [1.165, 1.54) is 32.0 Å². The van der Waals surface area contributed by atoms with Gasteiger partial charge in [-0.25, -0.2) is 40.4 Å². The van der Waals surface area contributed by atoms with Gasteiger partial charge in [0, 0.05) is 105 Å². The predicted molar refractivity (Wildman–Crippen MR) is 339 cm³/mol. The third-order valence-corrected chi connectivity index (χ3v) is 11.6. The van der Waals surface area contributed by atoms with E-state index in [2.05, 4.69) is 93.8 Å². The normalized spacial score (nSPS) is 10.5. The van der Waals surface area contributed by atoms with Crippen molar-refractivity contribution in [2.75, 3.05) is 31.9 Å². The number of nitrogens with one attached hydrogen (secondary N) is 10. The van der Waals surface area contributed by atoms with Crippen LogP contribution in [0.3, 0.4) is 0 Å². The number of guanidine groups is 3. The molecule has 0 atom stereocenters. The first-order chi connectivity index (χ1) is 40.6. The molecule has 0 aliphatic carbocycles. The van der Waals surface area contributed by atoms with Gasteiger partial charge in [0.05, 0.1) is 22.8 Å². The van der Waals surface area contributed by atoms with Crippen molar-refractivity contribution < 1.29 is 19.2 Å². The van der Waals surface area contributed by atoms with Crippen LogP contribution in [0.4, 0.5) is 55.6 Å². The summed E-state index contributed by atoms with van der Waals surface area (Å²) in [4.78, 5) is 75.4. The SMILES string of the molecule is C.C/C(=N\NC(=N)N)c1cc(NC(=O)Nc2ccc(C)c(Nc3nccc(-c4cccnc4)n3)c2)cc(/C(C)=N/NC(=N)N)c1.CC(=O)c1cc(NC(=O)Nc2ccc(C)c(Nc3nccc(-c4cccnc4)n3)c2)cc(C(C)=O)c1.NN=C(N)N. The highest BCUT2D eigenvalue weighted by Crippen LogP contribution is 2.27. The minimum absolute atomic E-state index is 0. The molecule has 4 aromatic carbocycles. The zero-order valence-corrected chi connectivity index (χ0v) is 46.9. The largest absolute Gasteiger partial charge is 0.369 e. The second-order valence-corrected chi connectivity index (χ2v) is 18.2. The van der Waals surface area contributed by atoms with Crippen molar-refractivity contribution in [1.82, 2.24) is 40.8 Å². The fraction of sp³-hybridized carbons (Fsp3) is 0.121. The number of amides is 4. The molecule has 0 saturated heterocycles. The summed E-state index contributed by atoms with van der Waals surface area (Å²) in [6.07, 6.45) is 10.2. The van der Waals surface area contributed by atoms with Crippen LogP contribution in [0.2, 0.25) is 0 Å². The Kier molecular flexibility index (Phi) is 23.4. The maximum absolute atomic E-state index is 13.1. The molecule has 28 nitrogen and oxygen atoms in total. The molecule has 442 valence electrons. The van der Waals surface area contributed by atoms with Gasteiger partial charge >= 0.3 is 12.1 Å². The minimum atomic E-state index is -0.519. The zero-order valence-electron chi connectivity index (χ0n) is 46.9. The number of benzene rings is 4. The van der Waals surface area contributed by atoms with Gasteiger partial charge in [0.25, 0.3) is 0 Å². The summed E-state index contributed by atoms with van der Waals surface area (Å²) >= 11 is 0. The van der Waals surface area contributed by atoms with Crippen LogP contribution in [0.25, 0.3) is 22.5 Å². The summed E-state index contributed by atoms with van der Waals surface area (Å²) in [5.74, 6) is 4.17. The number of carbonyl (C=O) groups is 4. The summed E-state index contributed by atoms with van der Waals surface area (Å²) in [5.41, 5.74) is 36.1. The van der Waals surface area contributed by atoms with E-state index < -0.39 is 12.1 Å².